The Bertz CT molecular complexity index is 614. The van der Waals surface area contributed by atoms with Crippen molar-refractivity contribution in [2.24, 2.45) is 0 Å². The minimum atomic E-state index is 0.118. The van der Waals surface area contributed by atoms with Gasteiger partial charge in [-0.1, -0.05) is 35.9 Å². The Hall–Kier alpha value is -1.71. The summed E-state index contributed by atoms with van der Waals surface area (Å²) in [5.74, 6) is 1.62. The number of nitrogens with one attached hydrogen (secondary N) is 1. The molecule has 0 radical (unpaired) electrons. The van der Waals surface area contributed by atoms with Crippen molar-refractivity contribution in [3.05, 3.63) is 58.6 Å². The third-order valence-corrected chi connectivity index (χ3v) is 3.49. The number of benzene rings is 2. The molecule has 118 valence electrons. The summed E-state index contributed by atoms with van der Waals surface area (Å²) in [5, 5.41) is 4.04. The van der Waals surface area contributed by atoms with Crippen LogP contribution in [0.3, 0.4) is 0 Å². The molecule has 22 heavy (non-hydrogen) atoms. The Morgan fingerprint density at radius 3 is 2.50 bits per heavy atom. The number of rotatable bonds is 7. The number of halogens is 1. The zero-order chi connectivity index (χ0) is 15.9. The maximum atomic E-state index is 6.24. The fourth-order valence-corrected chi connectivity index (χ4v) is 2.44. The van der Waals surface area contributed by atoms with E-state index in [9.17, 15) is 0 Å². The molecule has 0 aromatic heterocycles. The van der Waals surface area contributed by atoms with Gasteiger partial charge in [-0.3, -0.25) is 0 Å². The molecule has 0 amide bonds. The van der Waals surface area contributed by atoms with Gasteiger partial charge in [0.1, 0.15) is 11.5 Å². The Kier molecular flexibility index (Phi) is 6.10. The first kappa shape index (κ1) is 16.7. The van der Waals surface area contributed by atoms with Crippen molar-refractivity contribution in [3.63, 3.8) is 0 Å². The van der Waals surface area contributed by atoms with Crippen LogP contribution >= 0.6 is 11.6 Å². The fraction of sp³-hybridized carbons (Fsp3) is 0.333. The number of para-hydroxylation sites is 1. The summed E-state index contributed by atoms with van der Waals surface area (Å²) in [4.78, 5) is 0. The lowest BCUT2D eigenvalue weighted by Crippen LogP contribution is -2.13. The molecule has 0 aliphatic heterocycles. The van der Waals surface area contributed by atoms with Crippen LogP contribution in [0.4, 0.5) is 0 Å². The molecule has 0 saturated carbocycles. The van der Waals surface area contributed by atoms with Gasteiger partial charge in [0.25, 0.3) is 0 Å². The normalized spacial score (nSPS) is 10.8. The fourth-order valence-electron chi connectivity index (χ4n) is 2.19. The second-order valence-corrected chi connectivity index (χ2v) is 5.75. The molecular formula is C18H22ClNO2. The second kappa shape index (κ2) is 8.06. The van der Waals surface area contributed by atoms with Gasteiger partial charge in [0.2, 0.25) is 0 Å². The van der Waals surface area contributed by atoms with Crippen LogP contribution in [0, 0.1) is 0 Å². The molecule has 2 aromatic rings. The quantitative estimate of drug-likeness (QED) is 0.819. The van der Waals surface area contributed by atoms with E-state index in [2.05, 4.69) is 11.4 Å². The summed E-state index contributed by atoms with van der Waals surface area (Å²) in [6.45, 7) is 5.45. The van der Waals surface area contributed by atoms with E-state index in [0.717, 1.165) is 35.7 Å². The monoisotopic (exact) mass is 319 g/mol. The standard InChI is InChI=1S/C18H22ClNO2/c1-13(2)22-18-9-8-14(10-16(18)19)11-20-12-15-6-4-5-7-17(15)21-3/h4-10,13,20H,11-12H2,1-3H3. The summed E-state index contributed by atoms with van der Waals surface area (Å²) < 4.78 is 11.0. The van der Waals surface area contributed by atoms with Crippen LogP contribution < -0.4 is 14.8 Å². The van der Waals surface area contributed by atoms with E-state index in [4.69, 9.17) is 21.1 Å². The second-order valence-electron chi connectivity index (χ2n) is 5.35. The van der Waals surface area contributed by atoms with Crippen LogP contribution in [0.2, 0.25) is 5.02 Å². The SMILES string of the molecule is COc1ccccc1CNCc1ccc(OC(C)C)c(Cl)c1. The van der Waals surface area contributed by atoms with Crippen LogP contribution in [0.5, 0.6) is 11.5 Å². The first-order valence-electron chi connectivity index (χ1n) is 7.38. The van der Waals surface area contributed by atoms with E-state index in [0.29, 0.717) is 5.02 Å². The number of methoxy groups -OCH3 is 1. The van der Waals surface area contributed by atoms with Crippen molar-refractivity contribution in [1.29, 1.82) is 0 Å². The van der Waals surface area contributed by atoms with Crippen LogP contribution in [0.15, 0.2) is 42.5 Å². The largest absolute Gasteiger partial charge is 0.496 e. The van der Waals surface area contributed by atoms with Crippen LogP contribution in [0.1, 0.15) is 25.0 Å². The van der Waals surface area contributed by atoms with E-state index in [1.54, 1.807) is 7.11 Å². The van der Waals surface area contributed by atoms with Crippen LogP contribution in [0.25, 0.3) is 0 Å². The molecule has 0 unspecified atom stereocenters. The summed E-state index contributed by atoms with van der Waals surface area (Å²) in [5.41, 5.74) is 2.26. The first-order valence-corrected chi connectivity index (χ1v) is 7.75. The molecule has 0 aliphatic rings. The van der Waals surface area contributed by atoms with E-state index < -0.39 is 0 Å². The first-order chi connectivity index (χ1) is 10.6. The highest BCUT2D eigenvalue weighted by Crippen LogP contribution is 2.26. The molecule has 0 fully saturated rings. The predicted octanol–water partition coefficient (Wildman–Crippen LogP) is 4.43. The molecule has 0 heterocycles. The molecule has 0 spiro atoms. The van der Waals surface area contributed by atoms with Crippen molar-refractivity contribution in [2.75, 3.05) is 7.11 Å². The Morgan fingerprint density at radius 2 is 1.82 bits per heavy atom. The lowest BCUT2D eigenvalue weighted by Gasteiger charge is -2.13. The van der Waals surface area contributed by atoms with Gasteiger partial charge in [-0.25, -0.2) is 0 Å². The molecule has 0 bridgehead atoms. The van der Waals surface area contributed by atoms with Gasteiger partial charge in [0.05, 0.1) is 18.2 Å². The summed E-state index contributed by atoms with van der Waals surface area (Å²) >= 11 is 6.24. The van der Waals surface area contributed by atoms with E-state index >= 15 is 0 Å². The van der Waals surface area contributed by atoms with E-state index in [1.807, 2.05) is 50.2 Å². The number of hydrogen-bond donors (Lipinski definition) is 1. The number of ether oxygens (including phenoxy) is 2. The highest BCUT2D eigenvalue weighted by atomic mass is 35.5. The van der Waals surface area contributed by atoms with Crippen molar-refractivity contribution in [1.82, 2.24) is 5.32 Å². The zero-order valence-corrected chi connectivity index (χ0v) is 14.0. The lowest BCUT2D eigenvalue weighted by molar-refractivity contribution is 0.242. The molecular weight excluding hydrogens is 298 g/mol. The van der Waals surface area contributed by atoms with Gasteiger partial charge < -0.3 is 14.8 Å². The van der Waals surface area contributed by atoms with Crippen LogP contribution in [-0.4, -0.2) is 13.2 Å². The topological polar surface area (TPSA) is 30.5 Å². The van der Waals surface area contributed by atoms with Crippen molar-refractivity contribution in [3.8, 4) is 11.5 Å². The maximum Gasteiger partial charge on any atom is 0.138 e. The Labute approximate surface area is 137 Å². The molecule has 4 heteroatoms. The minimum Gasteiger partial charge on any atom is -0.496 e. The highest BCUT2D eigenvalue weighted by Gasteiger charge is 2.06. The highest BCUT2D eigenvalue weighted by molar-refractivity contribution is 6.32. The third kappa shape index (κ3) is 4.65. The maximum absolute atomic E-state index is 6.24. The van der Waals surface area contributed by atoms with Gasteiger partial charge in [-0.05, 0) is 37.6 Å². The summed E-state index contributed by atoms with van der Waals surface area (Å²) in [6.07, 6.45) is 0.118. The molecule has 3 nitrogen and oxygen atoms in total. The molecule has 0 aliphatic carbocycles. The van der Waals surface area contributed by atoms with Crippen LogP contribution in [-0.2, 0) is 13.1 Å². The molecule has 0 atom stereocenters. The molecule has 0 saturated heterocycles. The molecule has 1 N–H and O–H groups in total. The van der Waals surface area contributed by atoms with Gasteiger partial charge in [0, 0.05) is 18.7 Å². The smallest absolute Gasteiger partial charge is 0.138 e. The van der Waals surface area contributed by atoms with Gasteiger partial charge in [0.15, 0.2) is 0 Å². The van der Waals surface area contributed by atoms with Gasteiger partial charge in [-0.2, -0.15) is 0 Å². The average molecular weight is 320 g/mol. The van der Waals surface area contributed by atoms with Crippen molar-refractivity contribution >= 4 is 11.6 Å². The van der Waals surface area contributed by atoms with Gasteiger partial charge in [-0.15, -0.1) is 0 Å². The summed E-state index contributed by atoms with van der Waals surface area (Å²) in [7, 11) is 1.69. The van der Waals surface area contributed by atoms with Crippen molar-refractivity contribution < 1.29 is 9.47 Å². The lowest BCUT2D eigenvalue weighted by atomic mass is 10.2. The van der Waals surface area contributed by atoms with E-state index in [-0.39, 0.29) is 6.10 Å². The minimum absolute atomic E-state index is 0.118. The zero-order valence-electron chi connectivity index (χ0n) is 13.2. The Balaban J connectivity index is 1.93. The number of hydrogen-bond acceptors (Lipinski definition) is 3. The van der Waals surface area contributed by atoms with Gasteiger partial charge >= 0.3 is 0 Å². The Morgan fingerprint density at radius 1 is 1.05 bits per heavy atom. The van der Waals surface area contributed by atoms with E-state index in [1.165, 1.54) is 0 Å². The third-order valence-electron chi connectivity index (χ3n) is 3.20. The predicted molar refractivity (Wildman–Crippen MR) is 90.8 cm³/mol. The van der Waals surface area contributed by atoms with Crippen molar-refractivity contribution in [2.45, 2.75) is 33.0 Å². The average Bonchev–Trinajstić information content (AvgIpc) is 2.50. The molecule has 2 aromatic carbocycles. The summed E-state index contributed by atoms with van der Waals surface area (Å²) in [6, 6.07) is 13.9. The molecule has 2 rings (SSSR count).